The third-order valence-electron chi connectivity index (χ3n) is 1.75. The SMILES string of the molecule is C[Si](C)(C)C#Cc1c[nH]c(=O)c(C#N)c1O. The van der Waals surface area contributed by atoms with Gasteiger partial charge in [0.25, 0.3) is 5.56 Å². The van der Waals surface area contributed by atoms with Crippen molar-refractivity contribution in [2.45, 2.75) is 19.6 Å². The topological polar surface area (TPSA) is 76.9 Å². The first-order valence-electron chi connectivity index (χ1n) is 4.73. The lowest BCUT2D eigenvalue weighted by atomic mass is 10.2. The van der Waals surface area contributed by atoms with E-state index in [4.69, 9.17) is 5.26 Å². The van der Waals surface area contributed by atoms with Gasteiger partial charge in [0.2, 0.25) is 0 Å². The van der Waals surface area contributed by atoms with Crippen LogP contribution in [0.15, 0.2) is 11.0 Å². The minimum atomic E-state index is -1.55. The molecule has 0 aliphatic heterocycles. The summed E-state index contributed by atoms with van der Waals surface area (Å²) in [4.78, 5) is 13.5. The summed E-state index contributed by atoms with van der Waals surface area (Å²) in [5.74, 6) is 2.46. The average molecular weight is 232 g/mol. The summed E-state index contributed by atoms with van der Waals surface area (Å²) in [6.07, 6.45) is 1.33. The molecule has 5 heteroatoms. The molecule has 82 valence electrons. The normalized spacial score (nSPS) is 10.1. The summed E-state index contributed by atoms with van der Waals surface area (Å²) < 4.78 is 0. The van der Waals surface area contributed by atoms with Gasteiger partial charge >= 0.3 is 0 Å². The van der Waals surface area contributed by atoms with Crippen molar-refractivity contribution >= 4 is 8.07 Å². The maximum absolute atomic E-state index is 11.1. The molecule has 2 N–H and O–H groups in total. The maximum atomic E-state index is 11.1. The number of nitrogens with zero attached hydrogens (tertiary/aromatic N) is 1. The van der Waals surface area contributed by atoms with Crippen LogP contribution in [0.25, 0.3) is 0 Å². The Labute approximate surface area is 94.6 Å². The number of hydrogen-bond donors (Lipinski definition) is 2. The van der Waals surface area contributed by atoms with E-state index in [2.05, 4.69) is 36.1 Å². The van der Waals surface area contributed by atoms with Crippen LogP contribution >= 0.6 is 0 Å². The van der Waals surface area contributed by atoms with Crippen molar-refractivity contribution < 1.29 is 5.11 Å². The van der Waals surface area contributed by atoms with Crippen LogP contribution in [0, 0.1) is 22.8 Å². The third-order valence-corrected chi connectivity index (χ3v) is 2.63. The summed E-state index contributed by atoms with van der Waals surface area (Å²) in [5.41, 5.74) is 2.45. The highest BCUT2D eigenvalue weighted by Crippen LogP contribution is 2.16. The minimum absolute atomic E-state index is 0.289. The number of aromatic hydroxyl groups is 1. The van der Waals surface area contributed by atoms with Crippen molar-refractivity contribution in [3.63, 3.8) is 0 Å². The fourth-order valence-electron chi connectivity index (χ4n) is 0.974. The Morgan fingerprint density at radius 1 is 1.44 bits per heavy atom. The highest BCUT2D eigenvalue weighted by atomic mass is 28.3. The van der Waals surface area contributed by atoms with Crippen LogP contribution in [0.4, 0.5) is 0 Å². The summed E-state index contributed by atoms with van der Waals surface area (Å²) in [6, 6.07) is 1.65. The highest BCUT2D eigenvalue weighted by Gasteiger charge is 2.11. The van der Waals surface area contributed by atoms with E-state index in [0.29, 0.717) is 5.56 Å². The monoisotopic (exact) mass is 232 g/mol. The molecule has 1 aromatic rings. The van der Waals surface area contributed by atoms with Crippen LogP contribution in [0.1, 0.15) is 11.1 Å². The lowest BCUT2D eigenvalue weighted by Crippen LogP contribution is -2.16. The number of nitriles is 1. The van der Waals surface area contributed by atoms with E-state index in [1.54, 1.807) is 6.07 Å². The minimum Gasteiger partial charge on any atom is -0.505 e. The average Bonchev–Trinajstić information content (AvgIpc) is 2.16. The molecule has 0 aromatic carbocycles. The summed E-state index contributed by atoms with van der Waals surface area (Å²) in [5, 5.41) is 18.3. The van der Waals surface area contributed by atoms with Gasteiger partial charge in [-0.15, -0.1) is 5.54 Å². The molecule has 0 saturated heterocycles. The van der Waals surface area contributed by atoms with E-state index in [-0.39, 0.29) is 11.3 Å². The van der Waals surface area contributed by atoms with Crippen molar-refractivity contribution in [1.29, 1.82) is 5.26 Å². The second kappa shape index (κ2) is 4.26. The van der Waals surface area contributed by atoms with Crippen LogP contribution in [0.2, 0.25) is 19.6 Å². The molecule has 1 aromatic heterocycles. The van der Waals surface area contributed by atoms with Gasteiger partial charge in [-0.3, -0.25) is 4.79 Å². The molecular weight excluding hydrogens is 220 g/mol. The van der Waals surface area contributed by atoms with Gasteiger partial charge in [-0.05, 0) is 0 Å². The zero-order valence-corrected chi connectivity index (χ0v) is 10.4. The molecule has 4 nitrogen and oxygen atoms in total. The summed E-state index contributed by atoms with van der Waals surface area (Å²) in [6.45, 7) is 6.19. The smallest absolute Gasteiger partial charge is 0.269 e. The second-order valence-corrected chi connectivity index (χ2v) is 9.12. The number of rotatable bonds is 0. The summed E-state index contributed by atoms with van der Waals surface area (Å²) in [7, 11) is -1.55. The molecule has 1 heterocycles. The van der Waals surface area contributed by atoms with Gasteiger partial charge in [-0.25, -0.2) is 0 Å². The molecule has 0 saturated carbocycles. The molecule has 0 atom stereocenters. The fraction of sp³-hybridized carbons (Fsp3) is 0.273. The lowest BCUT2D eigenvalue weighted by molar-refractivity contribution is 0.470. The zero-order valence-electron chi connectivity index (χ0n) is 9.38. The van der Waals surface area contributed by atoms with Gasteiger partial charge < -0.3 is 10.1 Å². The Hall–Kier alpha value is -1.98. The predicted molar refractivity (Wildman–Crippen MR) is 63.7 cm³/mol. The molecule has 16 heavy (non-hydrogen) atoms. The largest absolute Gasteiger partial charge is 0.505 e. The first kappa shape index (κ1) is 12.1. The van der Waals surface area contributed by atoms with E-state index < -0.39 is 13.6 Å². The second-order valence-electron chi connectivity index (χ2n) is 4.37. The lowest BCUT2D eigenvalue weighted by Gasteiger charge is -2.04. The molecular formula is C11H12N2O2Si. The number of aromatic amines is 1. The van der Waals surface area contributed by atoms with Crippen LogP contribution in [-0.4, -0.2) is 18.2 Å². The number of hydrogen-bond acceptors (Lipinski definition) is 3. The van der Waals surface area contributed by atoms with E-state index in [9.17, 15) is 9.90 Å². The van der Waals surface area contributed by atoms with Gasteiger partial charge in [-0.2, -0.15) is 5.26 Å². The molecule has 0 fully saturated rings. The van der Waals surface area contributed by atoms with E-state index in [0.717, 1.165) is 0 Å². The van der Waals surface area contributed by atoms with Gasteiger partial charge in [0.05, 0.1) is 5.56 Å². The van der Waals surface area contributed by atoms with E-state index >= 15 is 0 Å². The molecule has 0 unspecified atom stereocenters. The van der Waals surface area contributed by atoms with E-state index in [1.165, 1.54) is 6.20 Å². The maximum Gasteiger partial charge on any atom is 0.269 e. The molecule has 1 rings (SSSR count). The fourth-order valence-corrected chi connectivity index (χ4v) is 1.48. The molecule has 0 radical (unpaired) electrons. The standard InChI is InChI=1S/C11H12N2O2Si/c1-16(2,3)5-4-8-7-13-11(15)9(6-12)10(8)14/h7H,1-3H3,(H2,13,14,15). The van der Waals surface area contributed by atoms with Gasteiger partial charge in [-0.1, -0.05) is 25.6 Å². The van der Waals surface area contributed by atoms with Crippen molar-refractivity contribution in [3.8, 4) is 23.3 Å². The molecule has 0 amide bonds. The van der Waals surface area contributed by atoms with Gasteiger partial charge in [0.15, 0.2) is 11.3 Å². The van der Waals surface area contributed by atoms with Gasteiger partial charge in [0.1, 0.15) is 14.1 Å². The Balaban J connectivity index is 3.33. The highest BCUT2D eigenvalue weighted by molar-refractivity contribution is 6.83. The van der Waals surface area contributed by atoms with Crippen molar-refractivity contribution in [1.82, 2.24) is 4.98 Å². The third kappa shape index (κ3) is 2.75. The van der Waals surface area contributed by atoms with Crippen LogP contribution < -0.4 is 5.56 Å². The predicted octanol–water partition coefficient (Wildman–Crippen LogP) is 1.18. The number of pyridine rings is 1. The first-order valence-corrected chi connectivity index (χ1v) is 8.23. The summed E-state index contributed by atoms with van der Waals surface area (Å²) >= 11 is 0. The van der Waals surface area contributed by atoms with Gasteiger partial charge in [0, 0.05) is 6.20 Å². The number of aromatic nitrogens is 1. The quantitative estimate of drug-likeness (QED) is 0.521. The Bertz CT molecular complexity index is 565. The Morgan fingerprint density at radius 2 is 2.06 bits per heavy atom. The molecule has 0 aliphatic carbocycles. The Kier molecular flexibility index (Phi) is 3.22. The first-order chi connectivity index (χ1) is 7.35. The van der Waals surface area contributed by atoms with Crippen molar-refractivity contribution in [2.75, 3.05) is 0 Å². The number of H-pyrrole nitrogens is 1. The molecule has 0 bridgehead atoms. The molecule has 0 spiro atoms. The molecule has 0 aliphatic rings. The number of nitrogens with one attached hydrogen (secondary N) is 1. The van der Waals surface area contributed by atoms with Crippen LogP contribution in [0.5, 0.6) is 5.75 Å². The van der Waals surface area contributed by atoms with Crippen molar-refractivity contribution in [3.05, 3.63) is 27.7 Å². The Morgan fingerprint density at radius 3 is 2.56 bits per heavy atom. The zero-order chi connectivity index (χ0) is 12.3. The van der Waals surface area contributed by atoms with E-state index in [1.807, 2.05) is 0 Å². The van der Waals surface area contributed by atoms with Crippen LogP contribution in [-0.2, 0) is 0 Å². The van der Waals surface area contributed by atoms with Crippen molar-refractivity contribution in [2.24, 2.45) is 0 Å². The van der Waals surface area contributed by atoms with Crippen LogP contribution in [0.3, 0.4) is 0 Å².